The van der Waals surface area contributed by atoms with Gasteiger partial charge in [0.15, 0.2) is 0 Å². The zero-order valence-corrected chi connectivity index (χ0v) is 14.3. The maximum absolute atomic E-state index is 13.1. The summed E-state index contributed by atoms with van der Waals surface area (Å²) in [5.74, 6) is -1.72. The minimum atomic E-state index is -4.68. The van der Waals surface area contributed by atoms with Crippen molar-refractivity contribution in [3.63, 3.8) is 0 Å². The normalized spacial score (nSPS) is 12.3. The van der Waals surface area contributed by atoms with Crippen molar-refractivity contribution in [3.05, 3.63) is 70.8 Å². The quantitative estimate of drug-likeness (QED) is 0.825. The summed E-state index contributed by atoms with van der Waals surface area (Å²) < 4.78 is 43.9. The number of benzene rings is 2. The molecule has 26 heavy (non-hydrogen) atoms. The van der Waals surface area contributed by atoms with Crippen molar-refractivity contribution in [2.24, 2.45) is 0 Å². The van der Waals surface area contributed by atoms with Gasteiger partial charge in [0, 0.05) is 6.42 Å². The number of methoxy groups -OCH3 is 1. The molecule has 0 saturated carbocycles. The second kappa shape index (κ2) is 8.03. The minimum absolute atomic E-state index is 0.105. The Morgan fingerprint density at radius 2 is 1.81 bits per heavy atom. The zero-order valence-electron chi connectivity index (χ0n) is 14.3. The van der Waals surface area contributed by atoms with Gasteiger partial charge >= 0.3 is 12.1 Å². The number of carbonyl (C=O) groups is 2. The molecule has 7 heteroatoms. The van der Waals surface area contributed by atoms with E-state index in [4.69, 9.17) is 0 Å². The highest BCUT2D eigenvalue weighted by atomic mass is 19.4. The monoisotopic (exact) mass is 365 g/mol. The molecule has 2 rings (SSSR count). The van der Waals surface area contributed by atoms with Gasteiger partial charge in [-0.15, -0.1) is 0 Å². The molecule has 0 aliphatic rings. The fraction of sp³-hybridized carbons (Fsp3) is 0.263. The lowest BCUT2D eigenvalue weighted by molar-refractivity contribution is -0.142. The Bertz CT molecular complexity index is 803. The first-order valence-corrected chi connectivity index (χ1v) is 7.83. The number of halogens is 3. The number of ether oxygens (including phenoxy) is 1. The molecule has 0 saturated heterocycles. The summed E-state index contributed by atoms with van der Waals surface area (Å²) in [6.45, 7) is 1.87. The van der Waals surface area contributed by atoms with Gasteiger partial charge < -0.3 is 10.1 Å². The van der Waals surface area contributed by atoms with E-state index in [1.807, 2.05) is 19.1 Å². The third kappa shape index (κ3) is 4.84. The van der Waals surface area contributed by atoms with Crippen LogP contribution in [-0.4, -0.2) is 25.0 Å². The number of alkyl halides is 3. The van der Waals surface area contributed by atoms with Crippen molar-refractivity contribution in [1.82, 2.24) is 5.32 Å². The fourth-order valence-corrected chi connectivity index (χ4v) is 2.57. The van der Waals surface area contributed by atoms with E-state index in [0.29, 0.717) is 0 Å². The van der Waals surface area contributed by atoms with Crippen molar-refractivity contribution >= 4 is 11.9 Å². The molecule has 138 valence electrons. The molecule has 0 radical (unpaired) electrons. The molecular formula is C19H18F3NO3. The summed E-state index contributed by atoms with van der Waals surface area (Å²) in [7, 11) is 1.15. The Hall–Kier alpha value is -2.83. The van der Waals surface area contributed by atoms with E-state index in [0.717, 1.165) is 30.4 Å². The van der Waals surface area contributed by atoms with Crippen molar-refractivity contribution in [1.29, 1.82) is 0 Å². The summed E-state index contributed by atoms with van der Waals surface area (Å²) >= 11 is 0. The van der Waals surface area contributed by atoms with E-state index >= 15 is 0 Å². The number of esters is 1. The fourth-order valence-electron chi connectivity index (χ4n) is 2.57. The summed E-state index contributed by atoms with van der Waals surface area (Å²) in [5, 5.41) is 2.35. The maximum atomic E-state index is 13.1. The van der Waals surface area contributed by atoms with Gasteiger partial charge in [-0.1, -0.05) is 42.0 Å². The van der Waals surface area contributed by atoms with E-state index in [1.54, 1.807) is 12.1 Å². The molecule has 0 aliphatic heterocycles. The van der Waals surface area contributed by atoms with Crippen LogP contribution < -0.4 is 5.32 Å². The van der Waals surface area contributed by atoms with Gasteiger partial charge in [-0.25, -0.2) is 4.79 Å². The number of nitrogens with one attached hydrogen (secondary N) is 1. The predicted octanol–water partition coefficient (Wildman–Crippen LogP) is 3.53. The third-order valence-electron chi connectivity index (χ3n) is 3.79. The van der Waals surface area contributed by atoms with Gasteiger partial charge in [-0.05, 0) is 24.6 Å². The number of aryl methyl sites for hydroxylation is 1. The third-order valence-corrected chi connectivity index (χ3v) is 3.79. The molecule has 0 fully saturated rings. The highest BCUT2D eigenvalue weighted by Gasteiger charge is 2.35. The van der Waals surface area contributed by atoms with Crippen molar-refractivity contribution in [2.75, 3.05) is 7.11 Å². The van der Waals surface area contributed by atoms with Gasteiger partial charge in [0.05, 0.1) is 18.2 Å². The van der Waals surface area contributed by atoms with Gasteiger partial charge in [-0.3, -0.25) is 4.79 Å². The van der Waals surface area contributed by atoms with Crippen LogP contribution >= 0.6 is 0 Å². The van der Waals surface area contributed by atoms with Crippen molar-refractivity contribution in [2.45, 2.75) is 25.6 Å². The van der Waals surface area contributed by atoms with Crippen LogP contribution in [0.15, 0.2) is 48.5 Å². The lowest BCUT2D eigenvalue weighted by Crippen LogP contribution is -2.43. The van der Waals surface area contributed by atoms with Gasteiger partial charge in [0.2, 0.25) is 0 Å². The van der Waals surface area contributed by atoms with Gasteiger partial charge in [0.1, 0.15) is 6.04 Å². The number of hydrogen-bond acceptors (Lipinski definition) is 3. The molecule has 2 aromatic carbocycles. The first-order valence-electron chi connectivity index (χ1n) is 7.83. The summed E-state index contributed by atoms with van der Waals surface area (Å²) in [6.07, 6.45) is -4.57. The zero-order chi connectivity index (χ0) is 19.3. The van der Waals surface area contributed by atoms with E-state index in [1.165, 1.54) is 12.1 Å². The molecule has 0 unspecified atom stereocenters. The first kappa shape index (κ1) is 19.5. The first-order chi connectivity index (χ1) is 12.2. The lowest BCUT2D eigenvalue weighted by Gasteiger charge is -2.18. The lowest BCUT2D eigenvalue weighted by atomic mass is 10.0. The number of carbonyl (C=O) groups excluding carboxylic acids is 2. The van der Waals surface area contributed by atoms with Crippen LogP contribution in [0.25, 0.3) is 0 Å². The van der Waals surface area contributed by atoms with E-state index < -0.39 is 35.2 Å². The van der Waals surface area contributed by atoms with Crippen LogP contribution in [-0.2, 0) is 22.1 Å². The molecule has 0 heterocycles. The van der Waals surface area contributed by atoms with E-state index in [-0.39, 0.29) is 6.42 Å². The highest BCUT2D eigenvalue weighted by Crippen LogP contribution is 2.31. The Balaban J connectivity index is 2.26. The summed E-state index contributed by atoms with van der Waals surface area (Å²) in [4.78, 5) is 24.4. The summed E-state index contributed by atoms with van der Waals surface area (Å²) in [5.41, 5.74) is 0.111. The average molecular weight is 365 g/mol. The van der Waals surface area contributed by atoms with Crippen LogP contribution in [0.2, 0.25) is 0 Å². The van der Waals surface area contributed by atoms with Crippen LogP contribution in [0.4, 0.5) is 13.2 Å². The van der Waals surface area contributed by atoms with Crippen LogP contribution in [0.1, 0.15) is 27.0 Å². The SMILES string of the molecule is COC(=O)[C@H](Cc1cccc(C)c1)NC(=O)c1ccccc1C(F)(F)F. The van der Waals surface area contributed by atoms with Crippen LogP contribution in [0.3, 0.4) is 0 Å². The van der Waals surface area contributed by atoms with Crippen molar-refractivity contribution in [3.8, 4) is 0 Å². The number of amides is 1. The molecular weight excluding hydrogens is 347 g/mol. The van der Waals surface area contributed by atoms with Gasteiger partial charge in [-0.2, -0.15) is 13.2 Å². The highest BCUT2D eigenvalue weighted by molar-refractivity contribution is 5.98. The Labute approximate surface area is 149 Å². The molecule has 1 amide bonds. The number of rotatable bonds is 5. The molecule has 0 aromatic heterocycles. The standard InChI is InChI=1S/C19H18F3NO3/c1-12-6-5-7-13(10-12)11-16(18(25)26-2)23-17(24)14-8-3-4-9-15(14)19(20,21)22/h3-10,16H,11H2,1-2H3,(H,23,24)/t16-/m0/s1. The molecule has 0 aliphatic carbocycles. The predicted molar refractivity (Wildman–Crippen MR) is 89.6 cm³/mol. The van der Waals surface area contributed by atoms with Crippen molar-refractivity contribution < 1.29 is 27.5 Å². The minimum Gasteiger partial charge on any atom is -0.467 e. The van der Waals surface area contributed by atoms with E-state index in [9.17, 15) is 22.8 Å². The summed E-state index contributed by atoms with van der Waals surface area (Å²) in [6, 6.07) is 10.6. The Morgan fingerprint density at radius 1 is 1.12 bits per heavy atom. The average Bonchev–Trinajstić information content (AvgIpc) is 2.59. The second-order valence-corrected chi connectivity index (χ2v) is 5.79. The van der Waals surface area contributed by atoms with Crippen LogP contribution in [0, 0.1) is 6.92 Å². The molecule has 1 N–H and O–H groups in total. The number of hydrogen-bond donors (Lipinski definition) is 1. The molecule has 1 atom stereocenters. The molecule has 2 aromatic rings. The Morgan fingerprint density at radius 3 is 2.42 bits per heavy atom. The second-order valence-electron chi connectivity index (χ2n) is 5.79. The van der Waals surface area contributed by atoms with Gasteiger partial charge in [0.25, 0.3) is 5.91 Å². The smallest absolute Gasteiger partial charge is 0.417 e. The largest absolute Gasteiger partial charge is 0.467 e. The molecule has 0 bridgehead atoms. The maximum Gasteiger partial charge on any atom is 0.417 e. The topological polar surface area (TPSA) is 55.4 Å². The Kier molecular flexibility index (Phi) is 6.02. The van der Waals surface area contributed by atoms with E-state index in [2.05, 4.69) is 10.1 Å². The molecule has 4 nitrogen and oxygen atoms in total. The van der Waals surface area contributed by atoms with Crippen LogP contribution in [0.5, 0.6) is 0 Å². The molecule has 0 spiro atoms.